The van der Waals surface area contributed by atoms with Crippen molar-refractivity contribution in [3.63, 3.8) is 0 Å². The number of esters is 3. The summed E-state index contributed by atoms with van der Waals surface area (Å²) in [5, 5.41) is 0. The van der Waals surface area contributed by atoms with E-state index in [1.165, 1.54) is 231 Å². The minimum absolute atomic E-state index is 0.0682. The van der Waals surface area contributed by atoms with Gasteiger partial charge in [-0.1, -0.05) is 296 Å². The second-order valence-corrected chi connectivity index (χ2v) is 20.6. The van der Waals surface area contributed by atoms with Crippen molar-refractivity contribution in [3.05, 3.63) is 12.2 Å². The maximum atomic E-state index is 12.7. The third-order valence-corrected chi connectivity index (χ3v) is 13.8. The fourth-order valence-electron chi connectivity index (χ4n) is 9.21. The second-order valence-electron chi connectivity index (χ2n) is 20.6. The third-order valence-electron chi connectivity index (χ3n) is 13.8. The lowest BCUT2D eigenvalue weighted by molar-refractivity contribution is -0.167. The molecule has 0 heterocycles. The van der Waals surface area contributed by atoms with Crippen LogP contribution in [0.2, 0.25) is 0 Å². The highest BCUT2D eigenvalue weighted by Gasteiger charge is 2.19. The normalized spacial score (nSPS) is 12.0. The summed E-state index contributed by atoms with van der Waals surface area (Å²) < 4.78 is 16.8. The molecular weight excluding hydrogens is 829 g/mol. The molecule has 0 radical (unpaired) electrons. The molecule has 0 spiro atoms. The van der Waals surface area contributed by atoms with Gasteiger partial charge in [0.15, 0.2) is 6.10 Å². The van der Waals surface area contributed by atoms with Crippen molar-refractivity contribution in [2.24, 2.45) is 0 Å². The van der Waals surface area contributed by atoms with Crippen LogP contribution in [0, 0.1) is 0 Å². The molecule has 0 N–H and O–H groups in total. The molecule has 396 valence electrons. The van der Waals surface area contributed by atoms with Gasteiger partial charge < -0.3 is 14.2 Å². The van der Waals surface area contributed by atoms with Crippen molar-refractivity contribution in [1.29, 1.82) is 0 Å². The summed E-state index contributed by atoms with van der Waals surface area (Å²) >= 11 is 0. The largest absolute Gasteiger partial charge is 0.462 e. The number of carbonyl (C=O) groups excluding carboxylic acids is 3. The van der Waals surface area contributed by atoms with Gasteiger partial charge in [-0.2, -0.15) is 0 Å². The first kappa shape index (κ1) is 65.1. The van der Waals surface area contributed by atoms with E-state index in [4.69, 9.17) is 14.2 Å². The predicted octanol–water partition coefficient (Wildman–Crippen LogP) is 20.1. The maximum absolute atomic E-state index is 12.7. The summed E-state index contributed by atoms with van der Waals surface area (Å²) in [7, 11) is 0. The highest BCUT2D eigenvalue weighted by atomic mass is 16.6. The molecule has 6 nitrogen and oxygen atoms in total. The second kappa shape index (κ2) is 56.7. The predicted molar refractivity (Wildman–Crippen MR) is 289 cm³/mol. The first-order chi connectivity index (χ1) is 33.0. The zero-order chi connectivity index (χ0) is 48.6. The van der Waals surface area contributed by atoms with Gasteiger partial charge in [-0.15, -0.1) is 0 Å². The molecule has 0 saturated carbocycles. The van der Waals surface area contributed by atoms with Crippen molar-refractivity contribution < 1.29 is 28.6 Å². The minimum Gasteiger partial charge on any atom is -0.462 e. The monoisotopic (exact) mass is 945 g/mol. The fraction of sp³-hybridized carbons (Fsp3) is 0.918. The Morgan fingerprint density at radius 1 is 0.284 bits per heavy atom. The Bertz CT molecular complexity index is 1040. The summed E-state index contributed by atoms with van der Waals surface area (Å²) in [6, 6.07) is 0. The van der Waals surface area contributed by atoms with Crippen LogP contribution in [0.3, 0.4) is 0 Å². The number of rotatable bonds is 56. The first-order valence-electron chi connectivity index (χ1n) is 30.2. The van der Waals surface area contributed by atoms with Gasteiger partial charge in [0.25, 0.3) is 0 Å². The molecule has 0 aromatic heterocycles. The van der Waals surface area contributed by atoms with Crippen molar-refractivity contribution in [2.75, 3.05) is 13.2 Å². The molecular formula is C61H116O6. The number of hydrogen-bond acceptors (Lipinski definition) is 6. The van der Waals surface area contributed by atoms with Gasteiger partial charge in [-0.3, -0.25) is 14.4 Å². The van der Waals surface area contributed by atoms with Crippen LogP contribution in [-0.4, -0.2) is 37.2 Å². The number of carbonyl (C=O) groups is 3. The van der Waals surface area contributed by atoms with Gasteiger partial charge in [-0.05, 0) is 38.5 Å². The molecule has 0 saturated heterocycles. The van der Waals surface area contributed by atoms with Crippen molar-refractivity contribution in [2.45, 2.75) is 348 Å². The summed E-state index contributed by atoms with van der Waals surface area (Å²) in [6.07, 6.45) is 65.4. The lowest BCUT2D eigenvalue weighted by Crippen LogP contribution is -2.30. The highest BCUT2D eigenvalue weighted by Crippen LogP contribution is 2.18. The van der Waals surface area contributed by atoms with Gasteiger partial charge in [0.1, 0.15) is 13.2 Å². The Labute approximate surface area is 418 Å². The van der Waals surface area contributed by atoms with Gasteiger partial charge in [0, 0.05) is 19.3 Å². The summed E-state index contributed by atoms with van der Waals surface area (Å²) in [5.41, 5.74) is 0. The topological polar surface area (TPSA) is 78.9 Å². The summed E-state index contributed by atoms with van der Waals surface area (Å²) in [5.74, 6) is -0.861. The van der Waals surface area contributed by atoms with E-state index in [1.54, 1.807) is 0 Å². The standard InChI is InChI=1S/C61H116O6/c1-4-7-10-13-16-19-22-23-24-25-26-27-28-29-30-31-32-33-34-35-36-37-38-39-40-43-45-48-51-54-60(63)66-57-58(67-61(64)55-52-49-46-42-21-18-15-12-9-6-3)56-65-59(62)53-50-47-44-41-20-17-14-11-8-5-2/h12,15,58H,4-11,13-14,16-57H2,1-3H3/b15-12-. The third kappa shape index (κ3) is 55.0. The Morgan fingerprint density at radius 3 is 0.806 bits per heavy atom. The molecule has 0 rings (SSSR count). The Hall–Kier alpha value is -1.85. The van der Waals surface area contributed by atoms with Crippen LogP contribution in [-0.2, 0) is 28.6 Å². The number of unbranched alkanes of at least 4 members (excludes halogenated alkanes) is 43. The van der Waals surface area contributed by atoms with Crippen LogP contribution in [0.15, 0.2) is 12.2 Å². The molecule has 0 aromatic rings. The number of ether oxygens (including phenoxy) is 3. The Kier molecular flexibility index (Phi) is 55.2. The van der Waals surface area contributed by atoms with E-state index < -0.39 is 6.10 Å². The first-order valence-corrected chi connectivity index (χ1v) is 30.2. The molecule has 0 aliphatic rings. The van der Waals surface area contributed by atoms with Crippen LogP contribution in [0.1, 0.15) is 342 Å². The molecule has 6 heteroatoms. The Morgan fingerprint density at radius 2 is 0.522 bits per heavy atom. The van der Waals surface area contributed by atoms with Gasteiger partial charge in [0.2, 0.25) is 0 Å². The van der Waals surface area contributed by atoms with E-state index in [9.17, 15) is 14.4 Å². The SMILES string of the molecule is CCC/C=C\CCCCCCCC(=O)OC(COC(=O)CCCCCCCCCCCC)COC(=O)CCCCCCCCCCCCCCCCCCCCCCCCCCCCCCC. The summed E-state index contributed by atoms with van der Waals surface area (Å²) in [6.45, 7) is 6.61. The van der Waals surface area contributed by atoms with Crippen LogP contribution >= 0.6 is 0 Å². The van der Waals surface area contributed by atoms with E-state index in [0.29, 0.717) is 19.3 Å². The van der Waals surface area contributed by atoms with Crippen molar-refractivity contribution in [3.8, 4) is 0 Å². The zero-order valence-electron chi connectivity index (χ0n) is 45.5. The van der Waals surface area contributed by atoms with E-state index in [2.05, 4.69) is 32.9 Å². The van der Waals surface area contributed by atoms with Crippen molar-refractivity contribution >= 4 is 17.9 Å². The van der Waals surface area contributed by atoms with Crippen LogP contribution in [0.4, 0.5) is 0 Å². The number of allylic oxidation sites excluding steroid dienone is 2. The van der Waals surface area contributed by atoms with E-state index in [-0.39, 0.29) is 31.1 Å². The smallest absolute Gasteiger partial charge is 0.306 e. The molecule has 1 unspecified atom stereocenters. The molecule has 0 aliphatic carbocycles. The number of hydrogen-bond donors (Lipinski definition) is 0. The molecule has 1 atom stereocenters. The van der Waals surface area contributed by atoms with E-state index in [0.717, 1.165) is 70.6 Å². The molecule has 0 aromatic carbocycles. The fourth-order valence-corrected chi connectivity index (χ4v) is 9.21. The van der Waals surface area contributed by atoms with Gasteiger partial charge in [0.05, 0.1) is 0 Å². The van der Waals surface area contributed by atoms with E-state index in [1.807, 2.05) is 0 Å². The van der Waals surface area contributed by atoms with Crippen LogP contribution in [0.25, 0.3) is 0 Å². The molecule has 67 heavy (non-hydrogen) atoms. The Balaban J connectivity index is 3.98. The summed E-state index contributed by atoms with van der Waals surface area (Å²) in [4.78, 5) is 37.9. The lowest BCUT2D eigenvalue weighted by Gasteiger charge is -2.18. The van der Waals surface area contributed by atoms with Crippen LogP contribution in [0.5, 0.6) is 0 Å². The quantitative estimate of drug-likeness (QED) is 0.0262. The highest BCUT2D eigenvalue weighted by molar-refractivity contribution is 5.71. The van der Waals surface area contributed by atoms with Gasteiger partial charge in [-0.25, -0.2) is 0 Å². The molecule has 0 aliphatic heterocycles. The maximum Gasteiger partial charge on any atom is 0.306 e. The molecule has 0 bridgehead atoms. The average Bonchev–Trinajstić information content (AvgIpc) is 3.33. The minimum atomic E-state index is -0.767. The lowest BCUT2D eigenvalue weighted by atomic mass is 10.0. The van der Waals surface area contributed by atoms with Crippen LogP contribution < -0.4 is 0 Å². The van der Waals surface area contributed by atoms with Crippen molar-refractivity contribution in [1.82, 2.24) is 0 Å². The zero-order valence-corrected chi connectivity index (χ0v) is 45.5. The van der Waals surface area contributed by atoms with Gasteiger partial charge >= 0.3 is 17.9 Å². The van der Waals surface area contributed by atoms with E-state index >= 15 is 0 Å². The average molecular weight is 946 g/mol. The molecule has 0 fully saturated rings. The molecule has 0 amide bonds.